The van der Waals surface area contributed by atoms with Crippen molar-refractivity contribution in [2.45, 2.75) is 32.0 Å². The third-order valence-corrected chi connectivity index (χ3v) is 3.44. The third kappa shape index (κ3) is 5.10. The quantitative estimate of drug-likeness (QED) is 0.815. The number of aromatic nitrogens is 1. The molecule has 1 aromatic carbocycles. The van der Waals surface area contributed by atoms with Crippen LogP contribution in [0.4, 0.5) is 13.2 Å². The van der Waals surface area contributed by atoms with Gasteiger partial charge in [0.15, 0.2) is 11.5 Å². The number of carbonyl (C=O) groups is 1. The maximum absolute atomic E-state index is 12.5. The SMILES string of the molecule is CC(CCC(=O)O)Oc1ccc(-c2ccc(C(F)(F)F)cn2)cc1O. The van der Waals surface area contributed by atoms with Crippen molar-refractivity contribution < 1.29 is 32.9 Å². The van der Waals surface area contributed by atoms with E-state index in [0.29, 0.717) is 5.56 Å². The van der Waals surface area contributed by atoms with Crippen LogP contribution < -0.4 is 4.74 Å². The fourth-order valence-corrected chi connectivity index (χ4v) is 2.11. The van der Waals surface area contributed by atoms with Crippen molar-refractivity contribution in [3.8, 4) is 22.8 Å². The van der Waals surface area contributed by atoms with Gasteiger partial charge in [0.25, 0.3) is 0 Å². The molecule has 2 N–H and O–H groups in total. The number of phenolic OH excluding ortho intramolecular Hbond substituents is 1. The summed E-state index contributed by atoms with van der Waals surface area (Å²) < 4.78 is 43.1. The zero-order valence-corrected chi connectivity index (χ0v) is 13.2. The molecular weight excluding hydrogens is 339 g/mol. The minimum Gasteiger partial charge on any atom is -0.504 e. The summed E-state index contributed by atoms with van der Waals surface area (Å²) in [5.41, 5.74) is -0.154. The number of aliphatic carboxylic acids is 1. The van der Waals surface area contributed by atoms with Gasteiger partial charge in [-0.05, 0) is 43.7 Å². The van der Waals surface area contributed by atoms with Crippen molar-refractivity contribution in [2.75, 3.05) is 0 Å². The zero-order valence-electron chi connectivity index (χ0n) is 13.2. The second kappa shape index (κ2) is 7.42. The molecule has 1 atom stereocenters. The van der Waals surface area contributed by atoms with E-state index in [0.717, 1.165) is 12.3 Å². The van der Waals surface area contributed by atoms with Crippen LogP contribution in [0.15, 0.2) is 36.5 Å². The second-order valence-electron chi connectivity index (χ2n) is 5.47. The lowest BCUT2D eigenvalue weighted by atomic mass is 10.1. The predicted molar refractivity (Wildman–Crippen MR) is 83.3 cm³/mol. The molecule has 5 nitrogen and oxygen atoms in total. The number of rotatable bonds is 6. The van der Waals surface area contributed by atoms with Gasteiger partial charge in [-0.1, -0.05) is 0 Å². The minimum absolute atomic E-state index is 0.0600. The number of carboxylic acid groups (broad SMARTS) is 1. The molecule has 0 aliphatic carbocycles. The molecule has 0 spiro atoms. The largest absolute Gasteiger partial charge is 0.504 e. The molecule has 8 heteroatoms. The highest BCUT2D eigenvalue weighted by atomic mass is 19.4. The van der Waals surface area contributed by atoms with Crippen LogP contribution >= 0.6 is 0 Å². The van der Waals surface area contributed by atoms with Crippen LogP contribution in [0.25, 0.3) is 11.3 Å². The lowest BCUT2D eigenvalue weighted by Gasteiger charge is -2.15. The van der Waals surface area contributed by atoms with Gasteiger partial charge in [-0.3, -0.25) is 9.78 Å². The topological polar surface area (TPSA) is 79.7 Å². The highest BCUT2D eigenvalue weighted by molar-refractivity contribution is 5.66. The van der Waals surface area contributed by atoms with Gasteiger partial charge in [-0.2, -0.15) is 13.2 Å². The second-order valence-corrected chi connectivity index (χ2v) is 5.47. The average molecular weight is 355 g/mol. The Kier molecular flexibility index (Phi) is 5.51. The summed E-state index contributed by atoms with van der Waals surface area (Å²) in [6.45, 7) is 1.67. The fourth-order valence-electron chi connectivity index (χ4n) is 2.11. The first-order chi connectivity index (χ1) is 11.7. The van der Waals surface area contributed by atoms with Crippen LogP contribution in [0.5, 0.6) is 11.5 Å². The molecule has 2 rings (SSSR count). The van der Waals surface area contributed by atoms with Gasteiger partial charge in [-0.25, -0.2) is 0 Å². The molecule has 2 aromatic rings. The number of hydrogen-bond acceptors (Lipinski definition) is 4. The molecule has 0 amide bonds. The molecule has 1 aromatic heterocycles. The number of halogens is 3. The van der Waals surface area contributed by atoms with Crippen LogP contribution in [0.1, 0.15) is 25.3 Å². The highest BCUT2D eigenvalue weighted by Gasteiger charge is 2.30. The van der Waals surface area contributed by atoms with Crippen LogP contribution in [-0.2, 0) is 11.0 Å². The summed E-state index contributed by atoms with van der Waals surface area (Å²) in [7, 11) is 0. The van der Waals surface area contributed by atoms with Gasteiger partial charge in [0.1, 0.15) is 0 Å². The van der Waals surface area contributed by atoms with Crippen molar-refractivity contribution in [1.82, 2.24) is 4.98 Å². The normalized spacial score (nSPS) is 12.6. The molecular formula is C17H16F3NO4. The first-order valence-electron chi connectivity index (χ1n) is 7.42. The molecule has 0 aliphatic rings. The van der Waals surface area contributed by atoms with E-state index in [9.17, 15) is 23.1 Å². The maximum Gasteiger partial charge on any atom is 0.417 e. The molecule has 0 bridgehead atoms. The number of carboxylic acids is 1. The Morgan fingerprint density at radius 2 is 2.00 bits per heavy atom. The Hall–Kier alpha value is -2.77. The zero-order chi connectivity index (χ0) is 18.6. The highest BCUT2D eigenvalue weighted by Crippen LogP contribution is 2.33. The molecule has 1 heterocycles. The first kappa shape index (κ1) is 18.6. The minimum atomic E-state index is -4.46. The Morgan fingerprint density at radius 1 is 1.28 bits per heavy atom. The number of pyridine rings is 1. The van der Waals surface area contributed by atoms with Crippen molar-refractivity contribution >= 4 is 5.97 Å². The van der Waals surface area contributed by atoms with E-state index in [1.54, 1.807) is 13.0 Å². The molecule has 1 unspecified atom stereocenters. The van der Waals surface area contributed by atoms with Crippen molar-refractivity contribution in [2.24, 2.45) is 0 Å². The van der Waals surface area contributed by atoms with E-state index in [4.69, 9.17) is 9.84 Å². The number of nitrogens with zero attached hydrogens (tertiary/aromatic N) is 1. The average Bonchev–Trinajstić information content (AvgIpc) is 2.54. The third-order valence-electron chi connectivity index (χ3n) is 3.44. The first-order valence-corrected chi connectivity index (χ1v) is 7.42. The molecule has 134 valence electrons. The van der Waals surface area contributed by atoms with Gasteiger partial charge >= 0.3 is 12.1 Å². The van der Waals surface area contributed by atoms with Crippen LogP contribution in [0.3, 0.4) is 0 Å². The smallest absolute Gasteiger partial charge is 0.417 e. The number of benzene rings is 1. The standard InChI is InChI=1S/C17H16F3NO4/c1-10(2-7-16(23)24)25-15-6-3-11(8-14(15)22)13-5-4-12(9-21-13)17(18,19)20/h3-6,8-10,22H,2,7H2,1H3,(H,23,24). The summed E-state index contributed by atoms with van der Waals surface area (Å²) in [5.74, 6) is -0.988. The lowest BCUT2D eigenvalue weighted by molar-refractivity contribution is -0.138. The van der Waals surface area contributed by atoms with E-state index in [2.05, 4.69) is 4.98 Å². The van der Waals surface area contributed by atoms with Crippen molar-refractivity contribution in [3.05, 3.63) is 42.1 Å². The predicted octanol–water partition coefficient (Wildman–Crippen LogP) is 4.11. The van der Waals surface area contributed by atoms with Crippen LogP contribution in [0.2, 0.25) is 0 Å². The summed E-state index contributed by atoms with van der Waals surface area (Å²) in [4.78, 5) is 14.3. The molecule has 0 saturated heterocycles. The molecule has 0 saturated carbocycles. The van der Waals surface area contributed by atoms with E-state index < -0.39 is 23.8 Å². The van der Waals surface area contributed by atoms with Gasteiger partial charge in [0.05, 0.1) is 17.4 Å². The summed E-state index contributed by atoms with van der Waals surface area (Å²) >= 11 is 0. The monoisotopic (exact) mass is 355 g/mol. The van der Waals surface area contributed by atoms with E-state index >= 15 is 0 Å². The van der Waals surface area contributed by atoms with E-state index in [-0.39, 0.29) is 30.0 Å². The Labute approximate surface area is 141 Å². The van der Waals surface area contributed by atoms with Crippen molar-refractivity contribution in [1.29, 1.82) is 0 Å². The van der Waals surface area contributed by atoms with Crippen LogP contribution in [0, 0.1) is 0 Å². The van der Waals surface area contributed by atoms with E-state index in [1.807, 2.05) is 0 Å². The number of ether oxygens (including phenoxy) is 1. The maximum atomic E-state index is 12.5. The number of alkyl halides is 3. The molecule has 0 radical (unpaired) electrons. The van der Waals surface area contributed by atoms with Gasteiger partial charge < -0.3 is 14.9 Å². The summed E-state index contributed by atoms with van der Waals surface area (Å²) in [5, 5.41) is 18.6. The van der Waals surface area contributed by atoms with Crippen LogP contribution in [-0.4, -0.2) is 27.3 Å². The summed E-state index contributed by atoms with van der Waals surface area (Å²) in [6.07, 6.45) is -3.94. The molecule has 0 aliphatic heterocycles. The Morgan fingerprint density at radius 3 is 2.52 bits per heavy atom. The lowest BCUT2D eigenvalue weighted by Crippen LogP contribution is -2.13. The fraction of sp³-hybridized carbons (Fsp3) is 0.294. The summed E-state index contributed by atoms with van der Waals surface area (Å²) in [6, 6.07) is 6.47. The van der Waals surface area contributed by atoms with E-state index in [1.165, 1.54) is 18.2 Å². The Bertz CT molecular complexity index is 745. The Balaban J connectivity index is 2.12. The van der Waals surface area contributed by atoms with Gasteiger partial charge in [-0.15, -0.1) is 0 Å². The van der Waals surface area contributed by atoms with Crippen molar-refractivity contribution in [3.63, 3.8) is 0 Å². The number of phenols is 1. The number of hydrogen-bond donors (Lipinski definition) is 2. The number of aromatic hydroxyl groups is 1. The van der Waals surface area contributed by atoms with Gasteiger partial charge in [0, 0.05) is 18.2 Å². The van der Waals surface area contributed by atoms with Gasteiger partial charge in [0.2, 0.25) is 0 Å². The molecule has 25 heavy (non-hydrogen) atoms. The molecule has 0 fully saturated rings.